The van der Waals surface area contributed by atoms with Crippen LogP contribution >= 0.6 is 0 Å². The summed E-state index contributed by atoms with van der Waals surface area (Å²) in [6.07, 6.45) is 14.7. The monoisotopic (exact) mass is 580 g/mol. The van der Waals surface area contributed by atoms with Gasteiger partial charge in [-0.25, -0.2) is 8.78 Å². The van der Waals surface area contributed by atoms with Crippen molar-refractivity contribution in [2.24, 2.45) is 5.92 Å². The maximum absolute atomic E-state index is 15.3. The second kappa shape index (κ2) is 14.7. The van der Waals surface area contributed by atoms with Crippen LogP contribution in [0.2, 0.25) is 0 Å². The third-order valence-electron chi connectivity index (χ3n) is 8.14. The molecule has 0 spiro atoms. The number of H-pyrrole nitrogens is 1. The first kappa shape index (κ1) is 31.6. The Labute approximate surface area is 254 Å². The fraction of sp³-hybridized carbons (Fsp3) is 0.270. The molecule has 6 heteroatoms. The van der Waals surface area contributed by atoms with Gasteiger partial charge in [0.05, 0.1) is 11.4 Å². The molecule has 0 bridgehead atoms. The normalized spacial score (nSPS) is 15.5. The minimum Gasteiger partial charge on any atom is -0.358 e. The fourth-order valence-corrected chi connectivity index (χ4v) is 5.59. The van der Waals surface area contributed by atoms with Crippen molar-refractivity contribution in [3.63, 3.8) is 0 Å². The second-order valence-corrected chi connectivity index (χ2v) is 11.1. The van der Waals surface area contributed by atoms with Crippen molar-refractivity contribution in [1.82, 2.24) is 20.8 Å². The Morgan fingerprint density at radius 2 is 1.79 bits per heavy atom. The highest BCUT2D eigenvalue weighted by molar-refractivity contribution is 5.93. The zero-order valence-corrected chi connectivity index (χ0v) is 25.5. The van der Waals surface area contributed by atoms with Crippen LogP contribution in [0.4, 0.5) is 8.78 Å². The number of aromatic nitrogens is 2. The van der Waals surface area contributed by atoms with Gasteiger partial charge in [-0.15, -0.1) is 0 Å². The molecule has 2 aromatic carbocycles. The van der Waals surface area contributed by atoms with Crippen LogP contribution in [0.3, 0.4) is 0 Å². The predicted octanol–water partition coefficient (Wildman–Crippen LogP) is 9.26. The molecule has 3 aromatic rings. The topological polar surface area (TPSA) is 52.7 Å². The van der Waals surface area contributed by atoms with E-state index in [9.17, 15) is 4.39 Å². The number of aromatic amines is 1. The van der Waals surface area contributed by atoms with Gasteiger partial charge in [0, 0.05) is 17.6 Å². The van der Waals surface area contributed by atoms with Crippen LogP contribution in [0.5, 0.6) is 0 Å². The van der Waals surface area contributed by atoms with Crippen molar-refractivity contribution in [3.8, 4) is 0 Å². The van der Waals surface area contributed by atoms with Gasteiger partial charge in [-0.1, -0.05) is 75.1 Å². The molecule has 0 saturated heterocycles. The molecule has 1 aromatic heterocycles. The number of allylic oxidation sites excluding steroid dienone is 8. The summed E-state index contributed by atoms with van der Waals surface area (Å²) in [5.41, 5.74) is 7.62. The van der Waals surface area contributed by atoms with Crippen LogP contribution in [0, 0.1) is 17.6 Å². The molecular formula is C37H42F2N4. The van der Waals surface area contributed by atoms with Crippen molar-refractivity contribution in [3.05, 3.63) is 132 Å². The van der Waals surface area contributed by atoms with Gasteiger partial charge in [-0.05, 0) is 104 Å². The molecule has 1 aliphatic carbocycles. The number of nitrogens with zero attached hydrogens (tertiary/aromatic N) is 1. The first-order valence-electron chi connectivity index (χ1n) is 14.9. The Morgan fingerprint density at radius 1 is 1.07 bits per heavy atom. The predicted molar refractivity (Wildman–Crippen MR) is 178 cm³/mol. The van der Waals surface area contributed by atoms with Gasteiger partial charge in [0.1, 0.15) is 11.3 Å². The molecule has 3 N–H and O–H groups in total. The molecular weight excluding hydrogens is 538 g/mol. The lowest BCUT2D eigenvalue weighted by molar-refractivity contribution is 0.503. The number of benzene rings is 2. The Balaban J connectivity index is 1.59. The van der Waals surface area contributed by atoms with Gasteiger partial charge in [0.2, 0.25) is 0 Å². The molecule has 1 fully saturated rings. The molecule has 0 radical (unpaired) electrons. The standard InChI is InChI=1S/C37H42F2N4/c1-7-12-33(30-15-17-32(38)18-16-30)24(4)25(5)41-26(6)36-34-20-31(21-35(39)37(34)43-42-36)29(9-3)19-27(8-2)22-40-23-28-13-10-11-14-28/h7-9,12,15-21,28,40-41H,1-2,6,10-11,13-14,22-23H2,3-5H3,(H,42,43)/b25-24+,27-19+,29-9+,33-12+. The summed E-state index contributed by atoms with van der Waals surface area (Å²) < 4.78 is 28.9. The number of hydrogen-bond acceptors (Lipinski definition) is 3. The maximum atomic E-state index is 15.3. The zero-order valence-electron chi connectivity index (χ0n) is 25.5. The smallest absolute Gasteiger partial charge is 0.151 e. The highest BCUT2D eigenvalue weighted by Gasteiger charge is 2.17. The lowest BCUT2D eigenvalue weighted by Crippen LogP contribution is -2.23. The van der Waals surface area contributed by atoms with E-state index in [-0.39, 0.29) is 11.3 Å². The van der Waals surface area contributed by atoms with E-state index in [0.717, 1.165) is 51.6 Å². The van der Waals surface area contributed by atoms with E-state index in [2.05, 4.69) is 46.6 Å². The van der Waals surface area contributed by atoms with E-state index in [1.807, 2.05) is 45.1 Å². The summed E-state index contributed by atoms with van der Waals surface area (Å²) in [5.74, 6) is 0.0447. The molecule has 1 heterocycles. The summed E-state index contributed by atoms with van der Waals surface area (Å²) >= 11 is 0. The maximum Gasteiger partial charge on any atom is 0.151 e. The van der Waals surface area contributed by atoms with Gasteiger partial charge in [0.25, 0.3) is 0 Å². The highest BCUT2D eigenvalue weighted by atomic mass is 19.1. The number of rotatable bonds is 13. The summed E-state index contributed by atoms with van der Waals surface area (Å²) in [7, 11) is 0. The van der Waals surface area contributed by atoms with Gasteiger partial charge in [0.15, 0.2) is 5.82 Å². The molecule has 1 saturated carbocycles. The minimum absolute atomic E-state index is 0.250. The van der Waals surface area contributed by atoms with Crippen molar-refractivity contribution < 1.29 is 8.78 Å². The van der Waals surface area contributed by atoms with Gasteiger partial charge < -0.3 is 10.6 Å². The summed E-state index contributed by atoms with van der Waals surface area (Å²) in [4.78, 5) is 0. The van der Waals surface area contributed by atoms with E-state index in [0.29, 0.717) is 23.3 Å². The van der Waals surface area contributed by atoms with Crippen LogP contribution < -0.4 is 10.6 Å². The Morgan fingerprint density at radius 3 is 2.44 bits per heavy atom. The number of halogens is 2. The Hall–Kier alpha value is -4.29. The molecule has 0 aliphatic heterocycles. The van der Waals surface area contributed by atoms with E-state index >= 15 is 4.39 Å². The molecule has 4 rings (SSSR count). The summed E-state index contributed by atoms with van der Waals surface area (Å²) in [5, 5.41) is 14.8. The zero-order chi connectivity index (χ0) is 30.9. The van der Waals surface area contributed by atoms with E-state index in [4.69, 9.17) is 0 Å². The van der Waals surface area contributed by atoms with Crippen LogP contribution in [0.1, 0.15) is 63.3 Å². The highest BCUT2D eigenvalue weighted by Crippen LogP contribution is 2.31. The van der Waals surface area contributed by atoms with Crippen LogP contribution in [0.15, 0.2) is 103 Å². The molecule has 0 amide bonds. The van der Waals surface area contributed by atoms with E-state index < -0.39 is 5.82 Å². The number of hydrogen-bond donors (Lipinski definition) is 3. The van der Waals surface area contributed by atoms with Crippen LogP contribution in [-0.4, -0.2) is 23.3 Å². The van der Waals surface area contributed by atoms with Crippen molar-refractivity contribution >= 4 is 27.7 Å². The van der Waals surface area contributed by atoms with Gasteiger partial charge in [-0.2, -0.15) is 5.10 Å². The average molecular weight is 581 g/mol. The molecule has 0 atom stereocenters. The van der Waals surface area contributed by atoms with Gasteiger partial charge in [-0.3, -0.25) is 5.10 Å². The number of nitrogens with one attached hydrogen (secondary N) is 3. The quantitative estimate of drug-likeness (QED) is 0.177. The molecule has 1 aliphatic rings. The number of fused-ring (bicyclic) bond motifs is 1. The SMILES string of the molecule is C=C/C=C(\C(C)=C(/C)NC(=C)c1[nH]nc2c(F)cc(C(/C=C(\C=C)CNCC3CCCC3)=C/C)cc12)c1ccc(F)cc1. The lowest BCUT2D eigenvalue weighted by Gasteiger charge is -2.16. The van der Waals surface area contributed by atoms with Crippen LogP contribution in [0.25, 0.3) is 27.7 Å². The van der Waals surface area contributed by atoms with E-state index in [1.54, 1.807) is 18.2 Å². The third kappa shape index (κ3) is 7.76. The Bertz CT molecular complexity index is 1610. The molecule has 4 nitrogen and oxygen atoms in total. The first-order chi connectivity index (χ1) is 20.7. The average Bonchev–Trinajstić information content (AvgIpc) is 3.68. The van der Waals surface area contributed by atoms with Crippen molar-refractivity contribution in [2.45, 2.75) is 46.5 Å². The summed E-state index contributed by atoms with van der Waals surface area (Å²) in [6, 6.07) is 9.80. The molecule has 43 heavy (non-hydrogen) atoms. The summed E-state index contributed by atoms with van der Waals surface area (Å²) in [6.45, 7) is 19.7. The largest absolute Gasteiger partial charge is 0.358 e. The Kier molecular flexibility index (Phi) is 10.8. The second-order valence-electron chi connectivity index (χ2n) is 11.1. The molecule has 0 unspecified atom stereocenters. The minimum atomic E-state index is -0.411. The third-order valence-corrected chi connectivity index (χ3v) is 8.14. The van der Waals surface area contributed by atoms with Crippen molar-refractivity contribution in [2.75, 3.05) is 13.1 Å². The first-order valence-corrected chi connectivity index (χ1v) is 14.9. The lowest BCUT2D eigenvalue weighted by atomic mass is 9.97. The van der Waals surface area contributed by atoms with E-state index in [1.165, 1.54) is 43.9 Å². The van der Waals surface area contributed by atoms with Crippen molar-refractivity contribution in [1.29, 1.82) is 0 Å². The van der Waals surface area contributed by atoms with Gasteiger partial charge >= 0.3 is 0 Å². The van der Waals surface area contributed by atoms with Crippen LogP contribution in [-0.2, 0) is 0 Å². The fourth-order valence-electron chi connectivity index (χ4n) is 5.59. The molecule has 224 valence electrons.